The number of carbonyl (C=O) groups excluding carboxylic acids is 1. The number of carbonyl (C=O) groups is 1. The molecule has 0 aromatic rings. The van der Waals surface area contributed by atoms with E-state index in [9.17, 15) is 10.1 Å². The molecular weight excluding hydrogens is 234 g/mol. The smallest absolute Gasteiger partial charge is 0.229 e. The van der Waals surface area contributed by atoms with Crippen molar-refractivity contribution in [1.82, 2.24) is 10.6 Å². The minimum Gasteiger partial charge on any atom is -0.358 e. The Kier molecular flexibility index (Phi) is 5.29. The molecule has 2 N–H and O–H groups in total. The van der Waals surface area contributed by atoms with Crippen molar-refractivity contribution in [2.75, 3.05) is 18.6 Å². The van der Waals surface area contributed by atoms with Gasteiger partial charge in [-0.2, -0.15) is 5.26 Å². The van der Waals surface area contributed by atoms with E-state index < -0.39 is 5.54 Å². The van der Waals surface area contributed by atoms with Crippen molar-refractivity contribution in [3.05, 3.63) is 0 Å². The van der Waals surface area contributed by atoms with Gasteiger partial charge in [0, 0.05) is 18.8 Å². The van der Waals surface area contributed by atoms with Crippen LogP contribution in [0.25, 0.3) is 0 Å². The van der Waals surface area contributed by atoms with Crippen LogP contribution in [0, 0.1) is 17.2 Å². The molecule has 1 atom stereocenters. The zero-order valence-corrected chi connectivity index (χ0v) is 11.6. The molecule has 1 fully saturated rings. The molecule has 1 rings (SSSR count). The Balaban J connectivity index is 2.52. The molecule has 1 unspecified atom stereocenters. The standard InChI is InChI=1S/C12H21N3OS/c1-9(2)15-12(7-13,10-4-5-10)8-17-6-11(16)14-3/h9-10,15H,4-6,8H2,1-3H3,(H,14,16). The Morgan fingerprint density at radius 1 is 1.59 bits per heavy atom. The Morgan fingerprint density at radius 2 is 2.24 bits per heavy atom. The fourth-order valence-corrected chi connectivity index (χ4v) is 3.04. The lowest BCUT2D eigenvalue weighted by atomic mass is 9.96. The second-order valence-electron chi connectivity index (χ2n) is 4.82. The van der Waals surface area contributed by atoms with Crippen LogP contribution in [0.15, 0.2) is 0 Å². The van der Waals surface area contributed by atoms with Crippen LogP contribution >= 0.6 is 11.8 Å². The minimum atomic E-state index is -0.452. The first-order valence-corrected chi connectivity index (χ1v) is 7.17. The van der Waals surface area contributed by atoms with Crippen LogP contribution in [0.4, 0.5) is 0 Å². The Morgan fingerprint density at radius 3 is 2.65 bits per heavy atom. The van der Waals surface area contributed by atoms with E-state index in [4.69, 9.17) is 0 Å². The molecule has 0 radical (unpaired) electrons. The SMILES string of the molecule is CNC(=O)CSCC(C#N)(NC(C)C)C1CC1. The highest BCUT2D eigenvalue weighted by Crippen LogP contribution is 2.41. The topological polar surface area (TPSA) is 64.9 Å². The van der Waals surface area contributed by atoms with Gasteiger partial charge in [-0.05, 0) is 32.6 Å². The molecule has 0 heterocycles. The van der Waals surface area contributed by atoms with E-state index in [1.165, 1.54) is 11.8 Å². The molecule has 0 aromatic heterocycles. The summed E-state index contributed by atoms with van der Waals surface area (Å²) in [5, 5.41) is 15.4. The van der Waals surface area contributed by atoms with Gasteiger partial charge in [0.1, 0.15) is 5.54 Å². The average molecular weight is 255 g/mol. The van der Waals surface area contributed by atoms with E-state index in [1.807, 2.05) is 0 Å². The third-order valence-electron chi connectivity index (χ3n) is 2.86. The maximum atomic E-state index is 11.2. The summed E-state index contributed by atoms with van der Waals surface area (Å²) in [5.74, 6) is 1.57. The van der Waals surface area contributed by atoms with Crippen molar-refractivity contribution in [3.63, 3.8) is 0 Å². The van der Waals surface area contributed by atoms with Crippen LogP contribution < -0.4 is 10.6 Å². The second kappa shape index (κ2) is 6.27. The molecule has 1 amide bonds. The fraction of sp³-hybridized carbons (Fsp3) is 0.833. The number of nitrogens with one attached hydrogen (secondary N) is 2. The van der Waals surface area contributed by atoms with E-state index in [0.717, 1.165) is 12.8 Å². The first-order valence-electron chi connectivity index (χ1n) is 6.01. The molecule has 1 aliphatic rings. The minimum absolute atomic E-state index is 0.0159. The summed E-state index contributed by atoms with van der Waals surface area (Å²) in [7, 11) is 1.63. The van der Waals surface area contributed by atoms with Crippen molar-refractivity contribution in [2.45, 2.75) is 38.3 Å². The van der Waals surface area contributed by atoms with Gasteiger partial charge in [-0.15, -0.1) is 11.8 Å². The van der Waals surface area contributed by atoms with Crippen LogP contribution in [0.2, 0.25) is 0 Å². The summed E-state index contributed by atoms with van der Waals surface area (Å²) in [5.41, 5.74) is -0.452. The quantitative estimate of drug-likeness (QED) is 0.716. The van der Waals surface area contributed by atoms with Crippen molar-refractivity contribution in [2.24, 2.45) is 5.92 Å². The number of hydrogen-bond donors (Lipinski definition) is 2. The van der Waals surface area contributed by atoms with E-state index >= 15 is 0 Å². The van der Waals surface area contributed by atoms with Gasteiger partial charge in [-0.1, -0.05) is 0 Å². The molecule has 5 heteroatoms. The Bertz CT molecular complexity index is 309. The molecule has 0 aromatic carbocycles. The first kappa shape index (κ1) is 14.3. The highest BCUT2D eigenvalue weighted by molar-refractivity contribution is 8.00. The van der Waals surface area contributed by atoms with Crippen LogP contribution in [0.1, 0.15) is 26.7 Å². The molecule has 96 valence electrons. The number of thioether (sulfide) groups is 1. The van der Waals surface area contributed by atoms with Gasteiger partial charge in [0.15, 0.2) is 0 Å². The summed E-state index contributed by atoms with van der Waals surface area (Å²) >= 11 is 1.53. The average Bonchev–Trinajstić information content (AvgIpc) is 3.10. The number of amides is 1. The predicted octanol–water partition coefficient (Wildman–Crippen LogP) is 1.14. The molecule has 17 heavy (non-hydrogen) atoms. The van der Waals surface area contributed by atoms with Crippen molar-refractivity contribution in [3.8, 4) is 6.07 Å². The van der Waals surface area contributed by atoms with Crippen LogP contribution in [-0.2, 0) is 4.79 Å². The monoisotopic (exact) mass is 255 g/mol. The van der Waals surface area contributed by atoms with Crippen LogP contribution in [-0.4, -0.2) is 36.0 Å². The number of nitrogens with zero attached hydrogens (tertiary/aromatic N) is 1. The predicted molar refractivity (Wildman–Crippen MR) is 70.7 cm³/mol. The van der Waals surface area contributed by atoms with Gasteiger partial charge < -0.3 is 5.32 Å². The van der Waals surface area contributed by atoms with E-state index in [2.05, 4.69) is 30.6 Å². The highest BCUT2D eigenvalue weighted by Gasteiger charge is 2.45. The second-order valence-corrected chi connectivity index (χ2v) is 5.81. The Labute approximate surface area is 108 Å². The summed E-state index contributed by atoms with van der Waals surface area (Å²) in [6.07, 6.45) is 2.24. The van der Waals surface area contributed by atoms with Gasteiger partial charge in [-0.25, -0.2) is 0 Å². The molecule has 1 saturated carbocycles. The van der Waals surface area contributed by atoms with Crippen molar-refractivity contribution < 1.29 is 4.79 Å². The third kappa shape index (κ3) is 4.21. The van der Waals surface area contributed by atoms with Crippen LogP contribution in [0.5, 0.6) is 0 Å². The summed E-state index contributed by atoms with van der Waals surface area (Å²) < 4.78 is 0. The number of rotatable bonds is 7. The third-order valence-corrected chi connectivity index (χ3v) is 3.99. The molecule has 1 aliphatic carbocycles. The maximum Gasteiger partial charge on any atom is 0.229 e. The van der Waals surface area contributed by atoms with Gasteiger partial charge in [-0.3, -0.25) is 10.1 Å². The molecule has 0 bridgehead atoms. The lowest BCUT2D eigenvalue weighted by Crippen LogP contribution is -2.51. The van der Waals surface area contributed by atoms with Gasteiger partial charge in [0.25, 0.3) is 0 Å². The van der Waals surface area contributed by atoms with E-state index in [1.54, 1.807) is 7.05 Å². The first-order chi connectivity index (χ1) is 8.04. The molecule has 0 spiro atoms. The van der Waals surface area contributed by atoms with Gasteiger partial charge in [0.2, 0.25) is 5.91 Å². The highest BCUT2D eigenvalue weighted by atomic mass is 32.2. The van der Waals surface area contributed by atoms with Gasteiger partial charge >= 0.3 is 0 Å². The molecule has 0 aliphatic heterocycles. The lowest BCUT2D eigenvalue weighted by molar-refractivity contribution is -0.118. The summed E-state index contributed by atoms with van der Waals surface area (Å²) in [4.78, 5) is 11.2. The van der Waals surface area contributed by atoms with E-state index in [0.29, 0.717) is 17.4 Å². The van der Waals surface area contributed by atoms with Crippen molar-refractivity contribution >= 4 is 17.7 Å². The zero-order valence-electron chi connectivity index (χ0n) is 10.7. The van der Waals surface area contributed by atoms with Crippen LogP contribution in [0.3, 0.4) is 0 Å². The molecular formula is C12H21N3OS. The molecule has 0 saturated heterocycles. The van der Waals surface area contributed by atoms with Gasteiger partial charge in [0.05, 0.1) is 11.8 Å². The number of hydrogen-bond acceptors (Lipinski definition) is 4. The van der Waals surface area contributed by atoms with Crippen molar-refractivity contribution in [1.29, 1.82) is 5.26 Å². The zero-order chi connectivity index (χ0) is 12.9. The maximum absolute atomic E-state index is 11.2. The molecule has 4 nitrogen and oxygen atoms in total. The Hall–Kier alpha value is -0.730. The number of nitriles is 1. The normalized spacial score (nSPS) is 18.5. The summed E-state index contributed by atoms with van der Waals surface area (Å²) in [6.45, 7) is 4.11. The van der Waals surface area contributed by atoms with E-state index in [-0.39, 0.29) is 11.9 Å². The lowest BCUT2D eigenvalue weighted by Gasteiger charge is -2.30. The largest absolute Gasteiger partial charge is 0.358 e. The fourth-order valence-electron chi connectivity index (χ4n) is 1.90. The summed E-state index contributed by atoms with van der Waals surface area (Å²) in [6, 6.07) is 2.72.